The highest BCUT2D eigenvalue weighted by Gasteiger charge is 2.46. The minimum atomic E-state index is -0.623. The molecule has 1 N–H and O–H groups in total. The summed E-state index contributed by atoms with van der Waals surface area (Å²) in [6.45, 7) is -0.422. The van der Waals surface area contributed by atoms with Crippen LogP contribution in [0.3, 0.4) is 0 Å². The van der Waals surface area contributed by atoms with Crippen LogP contribution in [0.1, 0.15) is 19.3 Å². The van der Waals surface area contributed by atoms with E-state index in [9.17, 15) is 19.2 Å². The van der Waals surface area contributed by atoms with Gasteiger partial charge in [-0.2, -0.15) is 0 Å². The fourth-order valence-corrected chi connectivity index (χ4v) is 3.23. The second-order valence-corrected chi connectivity index (χ2v) is 6.31. The molecule has 1 saturated heterocycles. The lowest BCUT2D eigenvalue weighted by Crippen LogP contribution is -2.33. The number of para-hydroxylation sites is 1. The average Bonchev–Trinajstić information content (AvgIpc) is 2.90. The monoisotopic (exact) mass is 356 g/mol. The van der Waals surface area contributed by atoms with E-state index in [0.717, 1.165) is 4.90 Å². The SMILES string of the molecule is O=C(COC(=O)CCN1C(=O)[C@H]2CC=CC[C@H]2C1=O)Nc1ccccc1. The Morgan fingerprint density at radius 3 is 2.27 bits per heavy atom. The van der Waals surface area contributed by atoms with Gasteiger partial charge < -0.3 is 10.1 Å². The Morgan fingerprint density at radius 2 is 1.65 bits per heavy atom. The second-order valence-electron chi connectivity index (χ2n) is 6.31. The number of carbonyl (C=O) groups is 4. The van der Waals surface area contributed by atoms with Crippen LogP contribution in [0.4, 0.5) is 5.69 Å². The largest absolute Gasteiger partial charge is 0.456 e. The fourth-order valence-electron chi connectivity index (χ4n) is 3.23. The average molecular weight is 356 g/mol. The van der Waals surface area contributed by atoms with Crippen molar-refractivity contribution in [2.75, 3.05) is 18.5 Å². The van der Waals surface area contributed by atoms with Gasteiger partial charge in [-0.1, -0.05) is 30.4 Å². The van der Waals surface area contributed by atoms with Gasteiger partial charge in [-0.25, -0.2) is 0 Å². The van der Waals surface area contributed by atoms with E-state index >= 15 is 0 Å². The third kappa shape index (κ3) is 3.99. The minimum Gasteiger partial charge on any atom is -0.456 e. The van der Waals surface area contributed by atoms with E-state index in [1.54, 1.807) is 24.3 Å². The molecule has 7 nitrogen and oxygen atoms in total. The van der Waals surface area contributed by atoms with Gasteiger partial charge in [-0.3, -0.25) is 24.1 Å². The quantitative estimate of drug-likeness (QED) is 0.474. The summed E-state index contributed by atoms with van der Waals surface area (Å²) < 4.78 is 4.91. The Balaban J connectivity index is 1.42. The number of likely N-dealkylation sites (tertiary alicyclic amines) is 1. The number of carbonyl (C=O) groups excluding carboxylic acids is 4. The van der Waals surface area contributed by atoms with Crippen LogP contribution >= 0.6 is 0 Å². The van der Waals surface area contributed by atoms with Crippen molar-refractivity contribution in [3.63, 3.8) is 0 Å². The van der Waals surface area contributed by atoms with Crippen LogP contribution in [-0.4, -0.2) is 41.7 Å². The highest BCUT2D eigenvalue weighted by atomic mass is 16.5. The summed E-state index contributed by atoms with van der Waals surface area (Å²) in [5, 5.41) is 2.60. The first-order chi connectivity index (χ1) is 12.6. The third-order valence-corrected chi connectivity index (χ3v) is 4.56. The van der Waals surface area contributed by atoms with Gasteiger partial charge in [0.2, 0.25) is 11.8 Å². The van der Waals surface area contributed by atoms with Crippen molar-refractivity contribution in [3.05, 3.63) is 42.5 Å². The zero-order valence-electron chi connectivity index (χ0n) is 14.2. The molecule has 26 heavy (non-hydrogen) atoms. The maximum absolute atomic E-state index is 12.3. The molecule has 1 aromatic carbocycles. The number of benzene rings is 1. The van der Waals surface area contributed by atoms with E-state index in [0.29, 0.717) is 18.5 Å². The number of nitrogens with zero attached hydrogens (tertiary/aromatic N) is 1. The number of amides is 3. The van der Waals surface area contributed by atoms with Crippen molar-refractivity contribution in [2.45, 2.75) is 19.3 Å². The number of anilines is 1. The minimum absolute atomic E-state index is 0.0101. The van der Waals surface area contributed by atoms with Crippen molar-refractivity contribution in [1.29, 1.82) is 0 Å². The fraction of sp³-hybridized carbons (Fsp3) is 0.368. The molecular weight excluding hydrogens is 336 g/mol. The summed E-state index contributed by atoms with van der Waals surface area (Å²) in [6.07, 6.45) is 4.83. The van der Waals surface area contributed by atoms with Crippen LogP contribution < -0.4 is 5.32 Å². The van der Waals surface area contributed by atoms with Crippen LogP contribution in [0.25, 0.3) is 0 Å². The van der Waals surface area contributed by atoms with Gasteiger partial charge in [-0.05, 0) is 25.0 Å². The maximum atomic E-state index is 12.3. The first kappa shape index (κ1) is 17.8. The van der Waals surface area contributed by atoms with Gasteiger partial charge in [0, 0.05) is 12.2 Å². The standard InChI is InChI=1S/C19H20N2O5/c22-16(20-13-6-2-1-3-7-13)12-26-17(23)10-11-21-18(24)14-8-4-5-9-15(14)19(21)25/h1-7,14-15H,8-12H2,(H,20,22)/t14-,15+. The van der Waals surface area contributed by atoms with Crippen molar-refractivity contribution >= 4 is 29.4 Å². The molecule has 0 radical (unpaired) electrons. The Bertz CT molecular complexity index is 718. The second kappa shape index (κ2) is 7.95. The summed E-state index contributed by atoms with van der Waals surface area (Å²) in [6, 6.07) is 8.82. The molecule has 0 unspecified atom stereocenters. The van der Waals surface area contributed by atoms with Gasteiger partial charge in [-0.15, -0.1) is 0 Å². The topological polar surface area (TPSA) is 92.8 Å². The zero-order valence-corrected chi connectivity index (χ0v) is 14.2. The molecule has 2 atom stereocenters. The summed E-state index contributed by atoms with van der Waals surface area (Å²) >= 11 is 0. The van der Waals surface area contributed by atoms with E-state index in [-0.39, 0.29) is 36.6 Å². The van der Waals surface area contributed by atoms with Crippen molar-refractivity contribution < 1.29 is 23.9 Å². The molecule has 7 heteroatoms. The molecule has 1 aromatic rings. The van der Waals surface area contributed by atoms with E-state index in [4.69, 9.17) is 4.74 Å². The summed E-state index contributed by atoms with van der Waals surface area (Å²) in [5.74, 6) is -2.13. The third-order valence-electron chi connectivity index (χ3n) is 4.56. The van der Waals surface area contributed by atoms with Gasteiger partial charge >= 0.3 is 5.97 Å². The van der Waals surface area contributed by atoms with E-state index in [2.05, 4.69) is 5.32 Å². The highest BCUT2D eigenvalue weighted by Crippen LogP contribution is 2.34. The first-order valence-electron chi connectivity index (χ1n) is 8.57. The number of allylic oxidation sites excluding steroid dienone is 2. The molecule has 136 valence electrons. The molecule has 3 amide bonds. The molecule has 0 spiro atoms. The van der Waals surface area contributed by atoms with Crippen LogP contribution in [-0.2, 0) is 23.9 Å². The van der Waals surface area contributed by atoms with Crippen molar-refractivity contribution in [3.8, 4) is 0 Å². The number of rotatable bonds is 6. The maximum Gasteiger partial charge on any atom is 0.308 e. The number of ether oxygens (including phenoxy) is 1. The van der Waals surface area contributed by atoms with E-state index in [1.165, 1.54) is 0 Å². The van der Waals surface area contributed by atoms with Crippen LogP contribution in [0, 0.1) is 11.8 Å². The lowest BCUT2D eigenvalue weighted by molar-refractivity contribution is -0.148. The smallest absolute Gasteiger partial charge is 0.308 e. The Morgan fingerprint density at radius 1 is 1.04 bits per heavy atom. The van der Waals surface area contributed by atoms with E-state index in [1.807, 2.05) is 18.2 Å². The van der Waals surface area contributed by atoms with Crippen LogP contribution in [0.5, 0.6) is 0 Å². The number of esters is 1. The molecule has 1 aliphatic heterocycles. The van der Waals surface area contributed by atoms with Crippen LogP contribution in [0.15, 0.2) is 42.5 Å². The van der Waals surface area contributed by atoms with Crippen LogP contribution in [0.2, 0.25) is 0 Å². The molecule has 0 bridgehead atoms. The van der Waals surface area contributed by atoms with E-state index < -0.39 is 18.5 Å². The molecule has 0 saturated carbocycles. The number of fused-ring (bicyclic) bond motifs is 1. The first-order valence-corrected chi connectivity index (χ1v) is 8.57. The molecule has 2 aliphatic rings. The molecular formula is C19H20N2O5. The Kier molecular flexibility index (Phi) is 5.46. The number of nitrogens with one attached hydrogen (secondary N) is 1. The summed E-state index contributed by atoms with van der Waals surface area (Å²) in [7, 11) is 0. The highest BCUT2D eigenvalue weighted by molar-refractivity contribution is 6.05. The Labute approximate surface area is 151 Å². The normalized spacial score (nSPS) is 21.5. The lowest BCUT2D eigenvalue weighted by atomic mass is 9.85. The van der Waals surface area contributed by atoms with Crippen molar-refractivity contribution in [1.82, 2.24) is 4.90 Å². The lowest BCUT2D eigenvalue weighted by Gasteiger charge is -2.14. The summed E-state index contributed by atoms with van der Waals surface area (Å²) in [5.41, 5.74) is 0.609. The number of hydrogen-bond donors (Lipinski definition) is 1. The molecule has 3 rings (SSSR count). The number of hydrogen-bond acceptors (Lipinski definition) is 5. The molecule has 1 aliphatic carbocycles. The zero-order chi connectivity index (χ0) is 18.5. The predicted molar refractivity (Wildman–Crippen MR) is 92.7 cm³/mol. The van der Waals surface area contributed by atoms with Gasteiger partial charge in [0.25, 0.3) is 5.91 Å². The van der Waals surface area contributed by atoms with Gasteiger partial charge in [0.1, 0.15) is 0 Å². The van der Waals surface area contributed by atoms with Crippen molar-refractivity contribution in [2.24, 2.45) is 11.8 Å². The summed E-state index contributed by atoms with van der Waals surface area (Å²) in [4.78, 5) is 49.3. The molecule has 1 heterocycles. The molecule has 1 fully saturated rings. The molecule has 0 aromatic heterocycles. The van der Waals surface area contributed by atoms with Gasteiger partial charge in [0.05, 0.1) is 18.3 Å². The number of imide groups is 1. The predicted octanol–water partition coefficient (Wildman–Crippen LogP) is 1.51. The van der Waals surface area contributed by atoms with Gasteiger partial charge in [0.15, 0.2) is 6.61 Å². The Hall–Kier alpha value is -2.96.